The average molecular weight is 333 g/mol. The molecule has 2 atom stereocenters. The predicted molar refractivity (Wildman–Crippen MR) is 95.2 cm³/mol. The van der Waals surface area contributed by atoms with Crippen molar-refractivity contribution in [2.24, 2.45) is 0 Å². The summed E-state index contributed by atoms with van der Waals surface area (Å²) < 4.78 is 1.94. The summed E-state index contributed by atoms with van der Waals surface area (Å²) in [4.78, 5) is 14.8. The Labute approximate surface area is 145 Å². The molecule has 3 rings (SSSR count). The van der Waals surface area contributed by atoms with Gasteiger partial charge in [-0.25, -0.2) is 0 Å². The minimum atomic E-state index is -0.0532. The molecule has 2 aliphatic rings. The maximum atomic E-state index is 12.3. The minimum absolute atomic E-state index is 0.0532. The van der Waals surface area contributed by atoms with Crippen LogP contribution in [0.4, 0.5) is 0 Å². The third kappa shape index (κ3) is 4.36. The topological polar surface area (TPSA) is 62.2 Å². The number of nitrogens with zero attached hydrogens (tertiary/aromatic N) is 3. The molecule has 3 heterocycles. The number of amides is 1. The number of nitrogens with one attached hydrogen (secondary N) is 2. The van der Waals surface area contributed by atoms with Crippen LogP contribution < -0.4 is 10.6 Å². The van der Waals surface area contributed by atoms with Crippen LogP contribution in [0.2, 0.25) is 0 Å². The number of likely N-dealkylation sites (tertiary alicyclic amines) is 1. The van der Waals surface area contributed by atoms with E-state index < -0.39 is 0 Å². The van der Waals surface area contributed by atoms with Crippen LogP contribution in [-0.4, -0.2) is 59.4 Å². The van der Waals surface area contributed by atoms with Gasteiger partial charge in [-0.2, -0.15) is 5.10 Å². The van der Waals surface area contributed by atoms with Crippen molar-refractivity contribution in [3.8, 4) is 0 Å². The second-order valence-corrected chi connectivity index (χ2v) is 7.03. The summed E-state index contributed by atoms with van der Waals surface area (Å²) in [5, 5.41) is 10.9. The lowest BCUT2D eigenvalue weighted by atomic mass is 10.0. The molecule has 0 spiro atoms. The van der Waals surface area contributed by atoms with Crippen molar-refractivity contribution in [3.05, 3.63) is 18.0 Å². The van der Waals surface area contributed by atoms with Crippen LogP contribution in [-0.2, 0) is 0 Å². The fraction of sp³-hybridized carbons (Fsp3) is 0.778. The third-order valence-electron chi connectivity index (χ3n) is 5.39. The molecule has 134 valence electrons. The molecule has 0 aliphatic carbocycles. The van der Waals surface area contributed by atoms with Gasteiger partial charge in [-0.1, -0.05) is 13.3 Å². The molecule has 0 aromatic carbocycles. The van der Waals surface area contributed by atoms with Gasteiger partial charge in [0.2, 0.25) is 0 Å². The first-order chi connectivity index (χ1) is 11.8. The number of hydrogen-bond donors (Lipinski definition) is 2. The highest BCUT2D eigenvalue weighted by Crippen LogP contribution is 2.18. The maximum absolute atomic E-state index is 12.3. The van der Waals surface area contributed by atoms with Crippen LogP contribution in [0.15, 0.2) is 12.3 Å². The Morgan fingerprint density at radius 2 is 2.29 bits per heavy atom. The highest BCUT2D eigenvalue weighted by molar-refractivity contribution is 5.92. The Hall–Kier alpha value is -1.40. The van der Waals surface area contributed by atoms with Crippen molar-refractivity contribution >= 4 is 5.91 Å². The van der Waals surface area contributed by atoms with Crippen molar-refractivity contribution in [2.75, 3.05) is 32.7 Å². The van der Waals surface area contributed by atoms with Crippen molar-refractivity contribution in [2.45, 2.75) is 57.5 Å². The van der Waals surface area contributed by atoms with Crippen LogP contribution in [0.3, 0.4) is 0 Å². The SMILES string of the molecule is CCC1CCCCN1CCNC(=O)c1ccn(C2CCCNC2)n1. The second kappa shape index (κ2) is 8.62. The van der Waals surface area contributed by atoms with E-state index in [0.717, 1.165) is 32.6 Å². The monoisotopic (exact) mass is 333 g/mol. The van der Waals surface area contributed by atoms with Crippen molar-refractivity contribution < 1.29 is 4.79 Å². The molecule has 2 aliphatic heterocycles. The lowest BCUT2D eigenvalue weighted by Crippen LogP contribution is -2.43. The van der Waals surface area contributed by atoms with Gasteiger partial charge in [0.1, 0.15) is 5.69 Å². The molecule has 6 heteroatoms. The van der Waals surface area contributed by atoms with E-state index in [2.05, 4.69) is 27.6 Å². The van der Waals surface area contributed by atoms with E-state index in [1.807, 2.05) is 16.9 Å². The molecule has 0 saturated carbocycles. The van der Waals surface area contributed by atoms with E-state index in [-0.39, 0.29) is 5.91 Å². The highest BCUT2D eigenvalue weighted by Gasteiger charge is 2.21. The van der Waals surface area contributed by atoms with E-state index in [4.69, 9.17) is 0 Å². The Bertz CT molecular complexity index is 523. The molecule has 2 fully saturated rings. The van der Waals surface area contributed by atoms with Gasteiger partial charge in [-0.15, -0.1) is 0 Å². The van der Waals surface area contributed by atoms with Crippen molar-refractivity contribution in [1.29, 1.82) is 0 Å². The normalized spacial score (nSPS) is 25.5. The zero-order valence-corrected chi connectivity index (χ0v) is 14.8. The van der Waals surface area contributed by atoms with E-state index in [1.54, 1.807) is 0 Å². The third-order valence-corrected chi connectivity index (χ3v) is 5.39. The Kier molecular flexibility index (Phi) is 6.26. The first-order valence-electron chi connectivity index (χ1n) is 9.56. The number of aromatic nitrogens is 2. The molecular formula is C18H31N5O. The summed E-state index contributed by atoms with van der Waals surface area (Å²) in [6.45, 7) is 7.09. The fourth-order valence-electron chi connectivity index (χ4n) is 3.94. The molecular weight excluding hydrogens is 302 g/mol. The number of carbonyl (C=O) groups is 1. The molecule has 24 heavy (non-hydrogen) atoms. The zero-order valence-electron chi connectivity index (χ0n) is 14.8. The fourth-order valence-corrected chi connectivity index (χ4v) is 3.94. The maximum Gasteiger partial charge on any atom is 0.271 e. The Morgan fingerprint density at radius 1 is 1.38 bits per heavy atom. The number of piperidine rings is 2. The summed E-state index contributed by atoms with van der Waals surface area (Å²) >= 11 is 0. The number of rotatable bonds is 6. The molecule has 1 aromatic heterocycles. The second-order valence-electron chi connectivity index (χ2n) is 7.03. The molecule has 6 nitrogen and oxygen atoms in total. The molecule has 1 aromatic rings. The summed E-state index contributed by atoms with van der Waals surface area (Å²) in [5.74, 6) is -0.0532. The van der Waals surface area contributed by atoms with Crippen LogP contribution in [0.1, 0.15) is 62.0 Å². The standard InChI is InChI=1S/C18H31N5O/c1-2-15-6-3-4-11-22(15)13-10-20-18(24)17-8-12-23(21-17)16-7-5-9-19-14-16/h8,12,15-16,19H,2-7,9-11,13-14H2,1H3,(H,20,24). The van der Waals surface area contributed by atoms with E-state index in [1.165, 1.54) is 32.1 Å². The van der Waals surface area contributed by atoms with Gasteiger partial charge in [-0.05, 0) is 51.3 Å². The van der Waals surface area contributed by atoms with Gasteiger partial charge in [0, 0.05) is 31.9 Å². The van der Waals surface area contributed by atoms with Gasteiger partial charge < -0.3 is 10.6 Å². The lowest BCUT2D eigenvalue weighted by Gasteiger charge is -2.35. The van der Waals surface area contributed by atoms with Crippen molar-refractivity contribution in [1.82, 2.24) is 25.3 Å². The first-order valence-corrected chi connectivity index (χ1v) is 9.56. The van der Waals surface area contributed by atoms with E-state index >= 15 is 0 Å². The summed E-state index contributed by atoms with van der Waals surface area (Å²) in [6.07, 6.45) is 9.35. The lowest BCUT2D eigenvalue weighted by molar-refractivity contribution is 0.0928. The average Bonchev–Trinajstić information content (AvgIpc) is 3.13. The van der Waals surface area contributed by atoms with Crippen LogP contribution in [0.25, 0.3) is 0 Å². The quantitative estimate of drug-likeness (QED) is 0.833. The first kappa shape index (κ1) is 17.4. The minimum Gasteiger partial charge on any atom is -0.349 e. The molecule has 1 amide bonds. The number of hydrogen-bond acceptors (Lipinski definition) is 4. The van der Waals surface area contributed by atoms with Gasteiger partial charge in [0.05, 0.1) is 6.04 Å². The molecule has 0 bridgehead atoms. The smallest absolute Gasteiger partial charge is 0.271 e. The van der Waals surface area contributed by atoms with Gasteiger partial charge in [-0.3, -0.25) is 14.4 Å². The predicted octanol–water partition coefficient (Wildman–Crippen LogP) is 1.80. The van der Waals surface area contributed by atoms with Crippen LogP contribution in [0, 0.1) is 0 Å². The van der Waals surface area contributed by atoms with Crippen molar-refractivity contribution in [3.63, 3.8) is 0 Å². The summed E-state index contributed by atoms with van der Waals surface area (Å²) in [6, 6.07) is 2.90. The van der Waals surface area contributed by atoms with Gasteiger partial charge in [0.25, 0.3) is 5.91 Å². The van der Waals surface area contributed by atoms with Crippen LogP contribution >= 0.6 is 0 Å². The van der Waals surface area contributed by atoms with Gasteiger partial charge in [0.15, 0.2) is 0 Å². The largest absolute Gasteiger partial charge is 0.349 e. The molecule has 2 saturated heterocycles. The van der Waals surface area contributed by atoms with Crippen LogP contribution in [0.5, 0.6) is 0 Å². The molecule has 2 unspecified atom stereocenters. The zero-order chi connectivity index (χ0) is 16.8. The Morgan fingerprint density at radius 3 is 3.08 bits per heavy atom. The Balaban J connectivity index is 1.45. The number of carbonyl (C=O) groups excluding carboxylic acids is 1. The van der Waals surface area contributed by atoms with Gasteiger partial charge >= 0.3 is 0 Å². The molecule has 2 N–H and O–H groups in total. The van der Waals surface area contributed by atoms with E-state index in [9.17, 15) is 4.79 Å². The summed E-state index contributed by atoms with van der Waals surface area (Å²) in [7, 11) is 0. The highest BCUT2D eigenvalue weighted by atomic mass is 16.1. The van der Waals surface area contributed by atoms with E-state index in [0.29, 0.717) is 24.3 Å². The summed E-state index contributed by atoms with van der Waals surface area (Å²) in [5.41, 5.74) is 0.534. The molecule has 0 radical (unpaired) electrons.